The highest BCUT2D eigenvalue weighted by atomic mass is 16.2. The Morgan fingerprint density at radius 3 is 2.94 bits per heavy atom. The fourth-order valence-corrected chi connectivity index (χ4v) is 2.42. The van der Waals surface area contributed by atoms with Gasteiger partial charge in [0.25, 0.3) is 0 Å². The highest BCUT2D eigenvalue weighted by Gasteiger charge is 2.29. The Hall–Kier alpha value is -0.830. The van der Waals surface area contributed by atoms with Gasteiger partial charge >= 0.3 is 0 Å². The van der Waals surface area contributed by atoms with Gasteiger partial charge in [-0.2, -0.15) is 0 Å². The Morgan fingerprint density at radius 2 is 2.38 bits per heavy atom. The van der Waals surface area contributed by atoms with Crippen LogP contribution in [0.1, 0.15) is 46.0 Å². The van der Waals surface area contributed by atoms with Crippen LogP contribution in [0.5, 0.6) is 0 Å². The minimum Gasteiger partial charge on any atom is -0.352 e. The third-order valence-corrected chi connectivity index (χ3v) is 3.31. The van der Waals surface area contributed by atoms with E-state index in [1.165, 1.54) is 12.8 Å². The van der Waals surface area contributed by atoms with Crippen molar-refractivity contribution in [2.45, 2.75) is 58.0 Å². The summed E-state index contributed by atoms with van der Waals surface area (Å²) in [5.74, 6) is -0.0393. The number of amides is 1. The molecular weight excluding hydrogens is 200 g/mol. The standard InChI is InChI=1S/C13H24N2O/c1-4-6-11(14)12(16)15-10-7-5-8-13(2,3)9-10/h4,10-11H,1,5-9,14H2,2-3H3,(H,15,16). The predicted molar refractivity (Wildman–Crippen MR) is 67.0 cm³/mol. The summed E-state index contributed by atoms with van der Waals surface area (Å²) < 4.78 is 0. The lowest BCUT2D eigenvalue weighted by atomic mass is 9.75. The van der Waals surface area contributed by atoms with Crippen LogP contribution in [0.25, 0.3) is 0 Å². The van der Waals surface area contributed by atoms with Crippen LogP contribution in [-0.4, -0.2) is 18.0 Å². The minimum atomic E-state index is -0.442. The van der Waals surface area contributed by atoms with Gasteiger partial charge in [0.2, 0.25) is 5.91 Å². The van der Waals surface area contributed by atoms with Gasteiger partial charge in [0.1, 0.15) is 0 Å². The van der Waals surface area contributed by atoms with Crippen molar-refractivity contribution < 1.29 is 4.79 Å². The Kier molecular flexibility index (Phi) is 4.54. The van der Waals surface area contributed by atoms with Crippen LogP contribution in [0.2, 0.25) is 0 Å². The van der Waals surface area contributed by atoms with Gasteiger partial charge in [-0.25, -0.2) is 0 Å². The van der Waals surface area contributed by atoms with Gasteiger partial charge in [-0.05, 0) is 31.1 Å². The summed E-state index contributed by atoms with van der Waals surface area (Å²) in [5.41, 5.74) is 6.08. The molecule has 1 saturated carbocycles. The molecule has 0 aromatic rings. The van der Waals surface area contributed by atoms with E-state index in [9.17, 15) is 4.79 Å². The lowest BCUT2D eigenvalue weighted by molar-refractivity contribution is -0.123. The molecule has 0 bridgehead atoms. The van der Waals surface area contributed by atoms with E-state index in [4.69, 9.17) is 5.73 Å². The van der Waals surface area contributed by atoms with Crippen LogP contribution < -0.4 is 11.1 Å². The summed E-state index contributed by atoms with van der Waals surface area (Å²) in [6, 6.07) is -0.144. The van der Waals surface area contributed by atoms with Crippen molar-refractivity contribution in [3.05, 3.63) is 12.7 Å². The second-order valence-electron chi connectivity index (χ2n) is 5.60. The molecule has 3 N–H and O–H groups in total. The highest BCUT2D eigenvalue weighted by Crippen LogP contribution is 2.35. The number of hydrogen-bond donors (Lipinski definition) is 2. The SMILES string of the molecule is C=CCC(N)C(=O)NC1CCCC(C)(C)C1. The van der Waals surface area contributed by atoms with Crippen LogP contribution in [0, 0.1) is 5.41 Å². The molecule has 1 aliphatic carbocycles. The molecule has 1 fully saturated rings. The van der Waals surface area contributed by atoms with Crippen molar-refractivity contribution in [3.8, 4) is 0 Å². The first-order valence-electron chi connectivity index (χ1n) is 6.11. The zero-order valence-electron chi connectivity index (χ0n) is 10.5. The number of rotatable bonds is 4. The zero-order chi connectivity index (χ0) is 12.2. The minimum absolute atomic E-state index is 0.0393. The molecule has 0 spiro atoms. The topological polar surface area (TPSA) is 55.1 Å². The second-order valence-corrected chi connectivity index (χ2v) is 5.60. The molecule has 2 unspecified atom stereocenters. The van der Waals surface area contributed by atoms with Crippen LogP contribution in [0.15, 0.2) is 12.7 Å². The summed E-state index contributed by atoms with van der Waals surface area (Å²) in [4.78, 5) is 11.7. The Bertz CT molecular complexity index is 261. The Balaban J connectivity index is 2.41. The molecule has 0 aromatic heterocycles. The van der Waals surface area contributed by atoms with Crippen molar-refractivity contribution >= 4 is 5.91 Å². The molecule has 1 aliphatic rings. The molecule has 2 atom stereocenters. The Labute approximate surface area is 98.5 Å². The van der Waals surface area contributed by atoms with Crippen LogP contribution in [0.4, 0.5) is 0 Å². The number of hydrogen-bond acceptors (Lipinski definition) is 2. The highest BCUT2D eigenvalue weighted by molar-refractivity contribution is 5.81. The molecule has 16 heavy (non-hydrogen) atoms. The lowest BCUT2D eigenvalue weighted by Crippen LogP contribution is -2.47. The molecular formula is C13H24N2O. The molecule has 0 radical (unpaired) electrons. The molecule has 3 nitrogen and oxygen atoms in total. The monoisotopic (exact) mass is 224 g/mol. The van der Waals surface area contributed by atoms with E-state index in [0.717, 1.165) is 12.8 Å². The maximum atomic E-state index is 11.7. The second kappa shape index (κ2) is 5.48. The lowest BCUT2D eigenvalue weighted by Gasteiger charge is -2.35. The molecule has 3 heteroatoms. The van der Waals surface area contributed by atoms with E-state index in [1.807, 2.05) is 0 Å². The van der Waals surface area contributed by atoms with Crippen LogP contribution in [-0.2, 0) is 4.79 Å². The van der Waals surface area contributed by atoms with Crippen LogP contribution in [0.3, 0.4) is 0 Å². The van der Waals surface area contributed by atoms with Crippen molar-refractivity contribution in [1.82, 2.24) is 5.32 Å². The van der Waals surface area contributed by atoms with Gasteiger partial charge < -0.3 is 11.1 Å². The summed E-state index contributed by atoms with van der Waals surface area (Å²) in [6.07, 6.45) is 6.80. The number of nitrogens with two attached hydrogens (primary N) is 1. The van der Waals surface area contributed by atoms with Gasteiger partial charge in [0.15, 0.2) is 0 Å². The summed E-state index contributed by atoms with van der Waals surface area (Å²) in [5, 5.41) is 3.05. The smallest absolute Gasteiger partial charge is 0.237 e. The molecule has 0 aromatic carbocycles. The average Bonchev–Trinajstić information content (AvgIpc) is 2.16. The van der Waals surface area contributed by atoms with Gasteiger partial charge in [0.05, 0.1) is 6.04 Å². The van der Waals surface area contributed by atoms with Gasteiger partial charge in [-0.3, -0.25) is 4.79 Å². The third kappa shape index (κ3) is 3.97. The third-order valence-electron chi connectivity index (χ3n) is 3.31. The fraction of sp³-hybridized carbons (Fsp3) is 0.769. The van der Waals surface area contributed by atoms with Crippen molar-refractivity contribution in [2.75, 3.05) is 0 Å². The van der Waals surface area contributed by atoms with Crippen molar-refractivity contribution in [3.63, 3.8) is 0 Å². The molecule has 92 valence electrons. The first kappa shape index (κ1) is 13.2. The molecule has 0 heterocycles. The predicted octanol–water partition coefficient (Wildman–Crippen LogP) is 1.97. The van der Waals surface area contributed by atoms with E-state index in [0.29, 0.717) is 17.9 Å². The maximum absolute atomic E-state index is 11.7. The molecule has 1 rings (SSSR count). The first-order chi connectivity index (χ1) is 7.44. The van der Waals surface area contributed by atoms with Crippen molar-refractivity contribution in [2.24, 2.45) is 11.1 Å². The summed E-state index contributed by atoms with van der Waals surface area (Å²) >= 11 is 0. The number of nitrogens with one attached hydrogen (secondary N) is 1. The zero-order valence-corrected chi connectivity index (χ0v) is 10.5. The van der Waals surface area contributed by atoms with E-state index in [-0.39, 0.29) is 5.91 Å². The van der Waals surface area contributed by atoms with E-state index in [2.05, 4.69) is 25.7 Å². The van der Waals surface area contributed by atoms with Gasteiger partial charge in [-0.15, -0.1) is 6.58 Å². The molecule has 1 amide bonds. The van der Waals surface area contributed by atoms with E-state index >= 15 is 0 Å². The van der Waals surface area contributed by atoms with Gasteiger partial charge in [0, 0.05) is 6.04 Å². The van der Waals surface area contributed by atoms with Crippen molar-refractivity contribution in [1.29, 1.82) is 0 Å². The largest absolute Gasteiger partial charge is 0.352 e. The Morgan fingerprint density at radius 1 is 1.69 bits per heavy atom. The first-order valence-corrected chi connectivity index (χ1v) is 6.11. The maximum Gasteiger partial charge on any atom is 0.237 e. The van der Waals surface area contributed by atoms with E-state index < -0.39 is 6.04 Å². The average molecular weight is 224 g/mol. The molecule has 0 aliphatic heterocycles. The van der Waals surface area contributed by atoms with Crippen LogP contribution >= 0.6 is 0 Å². The van der Waals surface area contributed by atoms with Gasteiger partial charge in [-0.1, -0.05) is 26.3 Å². The van der Waals surface area contributed by atoms with E-state index in [1.54, 1.807) is 6.08 Å². The quantitative estimate of drug-likeness (QED) is 0.717. The summed E-state index contributed by atoms with van der Waals surface area (Å²) in [7, 11) is 0. The summed E-state index contributed by atoms with van der Waals surface area (Å²) in [6.45, 7) is 8.11. The number of carbonyl (C=O) groups excluding carboxylic acids is 1. The molecule has 0 saturated heterocycles. The fourth-order valence-electron chi connectivity index (χ4n) is 2.42. The normalized spacial score (nSPS) is 25.8. The number of carbonyl (C=O) groups is 1.